The molecule has 3 aromatic carbocycles. The highest BCUT2D eigenvalue weighted by Gasteiger charge is 2.39. The van der Waals surface area contributed by atoms with Crippen LogP contribution in [0.25, 0.3) is 10.9 Å². The van der Waals surface area contributed by atoms with Crippen molar-refractivity contribution in [2.24, 2.45) is 0 Å². The van der Waals surface area contributed by atoms with Gasteiger partial charge in [-0.3, -0.25) is 14.5 Å². The van der Waals surface area contributed by atoms with Crippen LogP contribution in [0, 0.1) is 0 Å². The number of urea groups is 1. The molecule has 0 radical (unpaired) electrons. The smallest absolute Gasteiger partial charge is 0.325 e. The van der Waals surface area contributed by atoms with E-state index in [1.165, 1.54) is 0 Å². The molecule has 1 saturated heterocycles. The lowest BCUT2D eigenvalue weighted by Gasteiger charge is -2.13. The summed E-state index contributed by atoms with van der Waals surface area (Å²) in [6.45, 7) is -0.364. The summed E-state index contributed by atoms with van der Waals surface area (Å²) in [6, 6.07) is 22.7. The van der Waals surface area contributed by atoms with Gasteiger partial charge in [-0.2, -0.15) is 0 Å². The molecule has 0 aliphatic carbocycles. The van der Waals surface area contributed by atoms with Gasteiger partial charge in [-0.05, 0) is 48.0 Å². The van der Waals surface area contributed by atoms with Crippen molar-refractivity contribution >= 4 is 34.4 Å². The molecule has 0 saturated carbocycles. The summed E-state index contributed by atoms with van der Waals surface area (Å²) >= 11 is 0. The third-order valence-electron chi connectivity index (χ3n) is 5.62. The summed E-state index contributed by atoms with van der Waals surface area (Å²) in [7, 11) is 0. The fraction of sp³-hybridized carbons (Fsp3) is 0.115. The number of nitrogens with one attached hydrogen (secondary N) is 3. The van der Waals surface area contributed by atoms with Crippen LogP contribution in [0.3, 0.4) is 0 Å². The Labute approximate surface area is 195 Å². The standard InChI is InChI=1S/C26H22N4O4/c31-24(28-18-10-12-20(13-11-18)34-19-6-2-1-3-7-19)16-30-25(32)23(29-26(30)33)14-17-15-27-22-9-5-4-8-21(17)22/h1-13,15,23,27H,14,16H2,(H,28,31)(H,29,33). The van der Waals surface area contributed by atoms with E-state index in [9.17, 15) is 14.4 Å². The van der Waals surface area contributed by atoms with Crippen molar-refractivity contribution in [2.75, 3.05) is 11.9 Å². The van der Waals surface area contributed by atoms with Crippen molar-refractivity contribution in [1.82, 2.24) is 15.2 Å². The van der Waals surface area contributed by atoms with E-state index in [4.69, 9.17) is 4.74 Å². The number of nitrogens with zero attached hydrogens (tertiary/aromatic N) is 1. The Morgan fingerprint density at radius 1 is 0.912 bits per heavy atom. The lowest BCUT2D eigenvalue weighted by Crippen LogP contribution is -2.38. The molecule has 34 heavy (non-hydrogen) atoms. The highest BCUT2D eigenvalue weighted by Crippen LogP contribution is 2.23. The number of amides is 4. The van der Waals surface area contributed by atoms with Gasteiger partial charge in [0, 0.05) is 29.2 Å². The fourth-order valence-corrected chi connectivity index (χ4v) is 3.96. The van der Waals surface area contributed by atoms with Crippen LogP contribution < -0.4 is 15.4 Å². The zero-order valence-corrected chi connectivity index (χ0v) is 18.2. The molecule has 8 heteroatoms. The number of hydrogen-bond donors (Lipinski definition) is 3. The van der Waals surface area contributed by atoms with Gasteiger partial charge in [0.15, 0.2) is 0 Å². The number of para-hydroxylation sites is 2. The molecule has 1 atom stereocenters. The third kappa shape index (κ3) is 4.47. The number of benzene rings is 3. The molecule has 2 heterocycles. The minimum absolute atomic E-state index is 0.343. The normalized spacial score (nSPS) is 15.4. The monoisotopic (exact) mass is 454 g/mol. The number of aromatic nitrogens is 1. The topological polar surface area (TPSA) is 104 Å². The molecule has 170 valence electrons. The third-order valence-corrected chi connectivity index (χ3v) is 5.62. The van der Waals surface area contributed by atoms with Crippen LogP contribution in [0.15, 0.2) is 85.1 Å². The Bertz CT molecular complexity index is 1350. The molecule has 1 aromatic heterocycles. The number of carbonyl (C=O) groups excluding carboxylic acids is 3. The number of fused-ring (bicyclic) bond motifs is 1. The molecule has 0 spiro atoms. The average molecular weight is 454 g/mol. The van der Waals surface area contributed by atoms with Crippen LogP contribution in [0.4, 0.5) is 10.5 Å². The molecule has 1 aliphatic heterocycles. The van der Waals surface area contributed by atoms with E-state index < -0.39 is 23.9 Å². The quantitative estimate of drug-likeness (QED) is 0.366. The fourth-order valence-electron chi connectivity index (χ4n) is 3.96. The molecule has 4 amide bonds. The maximum absolute atomic E-state index is 12.8. The molecule has 1 aliphatic rings. The number of imide groups is 1. The van der Waals surface area contributed by atoms with Crippen LogP contribution in [0.1, 0.15) is 5.56 Å². The van der Waals surface area contributed by atoms with Crippen molar-refractivity contribution in [1.29, 1.82) is 0 Å². The van der Waals surface area contributed by atoms with Crippen LogP contribution in [0.2, 0.25) is 0 Å². The van der Waals surface area contributed by atoms with Gasteiger partial charge in [-0.25, -0.2) is 4.79 Å². The molecular weight excluding hydrogens is 432 g/mol. The minimum atomic E-state index is -0.714. The van der Waals surface area contributed by atoms with Crippen molar-refractivity contribution < 1.29 is 19.1 Å². The molecule has 8 nitrogen and oxygen atoms in total. The Morgan fingerprint density at radius 2 is 1.62 bits per heavy atom. The van der Waals surface area contributed by atoms with Gasteiger partial charge < -0.3 is 20.4 Å². The zero-order chi connectivity index (χ0) is 23.5. The lowest BCUT2D eigenvalue weighted by atomic mass is 10.1. The van der Waals surface area contributed by atoms with E-state index >= 15 is 0 Å². The molecule has 4 aromatic rings. The Kier molecular flexibility index (Phi) is 5.70. The van der Waals surface area contributed by atoms with Gasteiger partial charge in [0.05, 0.1) is 0 Å². The molecule has 5 rings (SSSR count). The van der Waals surface area contributed by atoms with Crippen LogP contribution >= 0.6 is 0 Å². The summed E-state index contributed by atoms with van der Waals surface area (Å²) in [5.74, 6) is 0.448. The van der Waals surface area contributed by atoms with E-state index in [0.29, 0.717) is 23.6 Å². The number of aromatic amines is 1. The van der Waals surface area contributed by atoms with Crippen molar-refractivity contribution in [3.8, 4) is 11.5 Å². The first-order valence-electron chi connectivity index (χ1n) is 10.9. The number of rotatable bonds is 7. The molecular formula is C26H22N4O4. The first-order valence-corrected chi connectivity index (χ1v) is 10.9. The van der Waals surface area contributed by atoms with Crippen molar-refractivity contribution in [3.63, 3.8) is 0 Å². The minimum Gasteiger partial charge on any atom is -0.457 e. The Hall–Kier alpha value is -4.59. The first-order chi connectivity index (χ1) is 16.6. The van der Waals surface area contributed by atoms with Crippen molar-refractivity contribution in [3.05, 3.63) is 90.6 Å². The first kappa shape index (κ1) is 21.3. The van der Waals surface area contributed by atoms with Crippen LogP contribution in [-0.4, -0.2) is 40.3 Å². The van der Waals surface area contributed by atoms with E-state index in [0.717, 1.165) is 21.4 Å². The van der Waals surface area contributed by atoms with Crippen LogP contribution in [0.5, 0.6) is 11.5 Å². The van der Waals surface area contributed by atoms with Gasteiger partial charge in [0.25, 0.3) is 5.91 Å². The predicted octanol–water partition coefficient (Wildman–Crippen LogP) is 4.06. The number of hydrogen-bond acceptors (Lipinski definition) is 4. The second kappa shape index (κ2) is 9.11. The van der Waals surface area contributed by atoms with E-state index in [1.807, 2.05) is 60.8 Å². The highest BCUT2D eigenvalue weighted by molar-refractivity contribution is 6.08. The maximum Gasteiger partial charge on any atom is 0.325 e. The van der Waals surface area contributed by atoms with Gasteiger partial charge in [-0.15, -0.1) is 0 Å². The van der Waals surface area contributed by atoms with E-state index in [2.05, 4.69) is 15.6 Å². The summed E-state index contributed by atoms with van der Waals surface area (Å²) in [5, 5.41) is 6.40. The highest BCUT2D eigenvalue weighted by atomic mass is 16.5. The molecule has 1 unspecified atom stereocenters. The average Bonchev–Trinajstić information content (AvgIpc) is 3.37. The number of H-pyrrole nitrogens is 1. The molecule has 0 bridgehead atoms. The summed E-state index contributed by atoms with van der Waals surface area (Å²) in [6.07, 6.45) is 2.18. The van der Waals surface area contributed by atoms with Gasteiger partial charge in [0.1, 0.15) is 24.1 Å². The SMILES string of the molecule is O=C(CN1C(=O)NC(Cc2c[nH]c3ccccc23)C1=O)Nc1ccc(Oc2ccccc2)cc1. The second-order valence-corrected chi connectivity index (χ2v) is 7.98. The molecule has 3 N–H and O–H groups in total. The van der Waals surface area contributed by atoms with Gasteiger partial charge in [0.2, 0.25) is 5.91 Å². The number of ether oxygens (including phenoxy) is 1. The Morgan fingerprint density at radius 3 is 2.41 bits per heavy atom. The largest absolute Gasteiger partial charge is 0.457 e. The summed E-state index contributed by atoms with van der Waals surface area (Å²) < 4.78 is 5.73. The maximum atomic E-state index is 12.8. The van der Waals surface area contributed by atoms with E-state index in [1.54, 1.807) is 24.3 Å². The second-order valence-electron chi connectivity index (χ2n) is 7.98. The molecule has 1 fully saturated rings. The zero-order valence-electron chi connectivity index (χ0n) is 18.2. The van der Waals surface area contributed by atoms with Gasteiger partial charge in [-0.1, -0.05) is 36.4 Å². The van der Waals surface area contributed by atoms with Crippen LogP contribution in [-0.2, 0) is 16.0 Å². The summed E-state index contributed by atoms with van der Waals surface area (Å²) in [5.41, 5.74) is 2.43. The number of anilines is 1. The lowest BCUT2D eigenvalue weighted by molar-refractivity contribution is -0.130. The van der Waals surface area contributed by atoms with E-state index in [-0.39, 0.29) is 6.54 Å². The van der Waals surface area contributed by atoms with Crippen molar-refractivity contribution in [2.45, 2.75) is 12.5 Å². The Balaban J connectivity index is 1.18. The summed E-state index contributed by atoms with van der Waals surface area (Å²) in [4.78, 5) is 41.8. The predicted molar refractivity (Wildman–Crippen MR) is 128 cm³/mol. The van der Waals surface area contributed by atoms with Gasteiger partial charge >= 0.3 is 6.03 Å². The number of carbonyl (C=O) groups is 3.